The van der Waals surface area contributed by atoms with E-state index in [0.29, 0.717) is 10.0 Å². The molecule has 0 amide bonds. The van der Waals surface area contributed by atoms with Crippen LogP contribution in [-0.2, 0) is 6.54 Å². The van der Waals surface area contributed by atoms with Gasteiger partial charge in [-0.2, -0.15) is 0 Å². The van der Waals surface area contributed by atoms with Gasteiger partial charge in [-0.3, -0.25) is 0 Å². The summed E-state index contributed by atoms with van der Waals surface area (Å²) in [6, 6.07) is 5.80. The molecule has 0 spiro atoms. The molecule has 0 aliphatic rings. The maximum absolute atomic E-state index is 5.97. The molecule has 1 nitrogen and oxygen atoms in total. The number of benzene rings is 1. The van der Waals surface area contributed by atoms with Crippen LogP contribution in [-0.4, -0.2) is 6.54 Å². The molecule has 0 aliphatic carbocycles. The monoisotopic (exact) mass is 287 g/mol. The second kappa shape index (κ2) is 9.66. The largest absolute Gasteiger partial charge is 0.313 e. The fourth-order valence-electron chi connectivity index (χ4n) is 1.91. The first-order valence-electron chi connectivity index (χ1n) is 6.88. The van der Waals surface area contributed by atoms with Gasteiger partial charge in [0.2, 0.25) is 0 Å². The molecule has 0 heterocycles. The molecule has 0 radical (unpaired) electrons. The van der Waals surface area contributed by atoms with Crippen molar-refractivity contribution in [1.82, 2.24) is 5.32 Å². The number of nitrogens with one attached hydrogen (secondary N) is 1. The van der Waals surface area contributed by atoms with Crippen molar-refractivity contribution in [3.05, 3.63) is 33.8 Å². The van der Waals surface area contributed by atoms with Crippen LogP contribution in [0, 0.1) is 0 Å². The van der Waals surface area contributed by atoms with E-state index in [1.807, 2.05) is 18.2 Å². The Hall–Kier alpha value is -0.240. The van der Waals surface area contributed by atoms with E-state index in [0.717, 1.165) is 13.1 Å². The van der Waals surface area contributed by atoms with Gasteiger partial charge in [0.25, 0.3) is 0 Å². The Bertz CT molecular complexity index is 339. The summed E-state index contributed by atoms with van der Waals surface area (Å²) in [5, 5.41) is 4.69. The SMILES string of the molecule is CCCCCCCCNCc1ccc(Cl)c(Cl)c1. The van der Waals surface area contributed by atoms with Crippen LogP contribution in [0.5, 0.6) is 0 Å². The molecule has 0 bridgehead atoms. The van der Waals surface area contributed by atoms with Crippen LogP contribution < -0.4 is 5.32 Å². The van der Waals surface area contributed by atoms with E-state index >= 15 is 0 Å². The van der Waals surface area contributed by atoms with Crippen LogP contribution in [0.1, 0.15) is 51.0 Å². The average Bonchev–Trinajstić information content (AvgIpc) is 2.37. The van der Waals surface area contributed by atoms with Gasteiger partial charge in [-0.1, -0.05) is 68.3 Å². The molecular weight excluding hydrogens is 265 g/mol. The first-order chi connectivity index (χ1) is 8.74. The van der Waals surface area contributed by atoms with Gasteiger partial charge in [-0.15, -0.1) is 0 Å². The Morgan fingerprint density at radius 1 is 0.944 bits per heavy atom. The third kappa shape index (κ3) is 6.63. The Labute approximate surface area is 121 Å². The molecule has 1 aromatic carbocycles. The number of unbranched alkanes of at least 4 members (excludes halogenated alkanes) is 5. The van der Waals surface area contributed by atoms with E-state index < -0.39 is 0 Å². The van der Waals surface area contributed by atoms with Crippen LogP contribution in [0.3, 0.4) is 0 Å². The zero-order chi connectivity index (χ0) is 13.2. The Morgan fingerprint density at radius 2 is 1.67 bits per heavy atom. The maximum atomic E-state index is 5.97. The van der Waals surface area contributed by atoms with Crippen molar-refractivity contribution in [1.29, 1.82) is 0 Å². The van der Waals surface area contributed by atoms with Crippen molar-refractivity contribution in [2.75, 3.05) is 6.54 Å². The van der Waals surface area contributed by atoms with Crippen LogP contribution in [0.2, 0.25) is 10.0 Å². The normalized spacial score (nSPS) is 10.8. The zero-order valence-corrected chi connectivity index (χ0v) is 12.7. The lowest BCUT2D eigenvalue weighted by atomic mass is 10.1. The minimum Gasteiger partial charge on any atom is -0.313 e. The Kier molecular flexibility index (Phi) is 8.49. The highest BCUT2D eigenvalue weighted by Gasteiger charge is 1.99. The van der Waals surface area contributed by atoms with E-state index in [2.05, 4.69) is 12.2 Å². The van der Waals surface area contributed by atoms with Gasteiger partial charge in [-0.25, -0.2) is 0 Å². The number of rotatable bonds is 9. The van der Waals surface area contributed by atoms with Gasteiger partial charge in [0.15, 0.2) is 0 Å². The van der Waals surface area contributed by atoms with Crippen LogP contribution in [0.25, 0.3) is 0 Å². The second-order valence-corrected chi connectivity index (χ2v) is 5.51. The zero-order valence-electron chi connectivity index (χ0n) is 11.1. The van der Waals surface area contributed by atoms with Gasteiger partial charge in [-0.05, 0) is 30.7 Å². The summed E-state index contributed by atoms with van der Waals surface area (Å²) in [6.07, 6.45) is 8.01. The first kappa shape index (κ1) is 15.8. The van der Waals surface area contributed by atoms with Crippen molar-refractivity contribution in [3.8, 4) is 0 Å². The van der Waals surface area contributed by atoms with Gasteiger partial charge >= 0.3 is 0 Å². The predicted octanol–water partition coefficient (Wildman–Crippen LogP) is 5.44. The summed E-state index contributed by atoms with van der Waals surface area (Å²) < 4.78 is 0. The van der Waals surface area contributed by atoms with E-state index in [4.69, 9.17) is 23.2 Å². The van der Waals surface area contributed by atoms with Gasteiger partial charge in [0.05, 0.1) is 10.0 Å². The van der Waals surface area contributed by atoms with E-state index in [1.165, 1.54) is 44.1 Å². The minimum atomic E-state index is 0.622. The predicted molar refractivity (Wildman–Crippen MR) is 81.5 cm³/mol. The molecule has 0 aromatic heterocycles. The summed E-state index contributed by atoms with van der Waals surface area (Å²) in [4.78, 5) is 0. The van der Waals surface area contributed by atoms with Gasteiger partial charge < -0.3 is 5.32 Å². The molecule has 1 aromatic rings. The summed E-state index contributed by atoms with van der Waals surface area (Å²) in [5.74, 6) is 0. The second-order valence-electron chi connectivity index (χ2n) is 4.69. The molecule has 0 fully saturated rings. The molecule has 0 saturated heterocycles. The van der Waals surface area contributed by atoms with Crippen LogP contribution >= 0.6 is 23.2 Å². The molecule has 1 N–H and O–H groups in total. The smallest absolute Gasteiger partial charge is 0.0595 e. The van der Waals surface area contributed by atoms with E-state index in [1.54, 1.807) is 0 Å². The molecule has 102 valence electrons. The lowest BCUT2D eigenvalue weighted by Crippen LogP contribution is -2.14. The lowest BCUT2D eigenvalue weighted by molar-refractivity contribution is 0.572. The standard InChI is InChI=1S/C15H23Cl2N/c1-2-3-4-5-6-7-10-18-12-13-8-9-14(16)15(17)11-13/h8-9,11,18H,2-7,10,12H2,1H3. The van der Waals surface area contributed by atoms with Crippen LogP contribution in [0.15, 0.2) is 18.2 Å². The van der Waals surface area contributed by atoms with Crippen molar-refractivity contribution < 1.29 is 0 Å². The molecule has 0 atom stereocenters. The molecule has 1 rings (SSSR count). The number of hydrogen-bond acceptors (Lipinski definition) is 1. The highest BCUT2D eigenvalue weighted by molar-refractivity contribution is 6.42. The molecule has 0 unspecified atom stereocenters. The highest BCUT2D eigenvalue weighted by atomic mass is 35.5. The van der Waals surface area contributed by atoms with Crippen molar-refractivity contribution >= 4 is 23.2 Å². The summed E-state index contributed by atoms with van der Waals surface area (Å²) in [7, 11) is 0. The first-order valence-corrected chi connectivity index (χ1v) is 7.64. The molecule has 0 saturated carbocycles. The van der Waals surface area contributed by atoms with Gasteiger partial charge in [0.1, 0.15) is 0 Å². The number of hydrogen-bond donors (Lipinski definition) is 1. The molecule has 3 heteroatoms. The van der Waals surface area contributed by atoms with Gasteiger partial charge in [0, 0.05) is 6.54 Å². The number of halogens is 2. The average molecular weight is 288 g/mol. The summed E-state index contributed by atoms with van der Waals surface area (Å²) in [6.45, 7) is 4.19. The van der Waals surface area contributed by atoms with E-state index in [-0.39, 0.29) is 0 Å². The topological polar surface area (TPSA) is 12.0 Å². The Morgan fingerprint density at radius 3 is 2.39 bits per heavy atom. The van der Waals surface area contributed by atoms with Crippen molar-refractivity contribution in [2.45, 2.75) is 52.0 Å². The molecular formula is C15H23Cl2N. The molecule has 0 aliphatic heterocycles. The van der Waals surface area contributed by atoms with Crippen molar-refractivity contribution in [3.63, 3.8) is 0 Å². The Balaban J connectivity index is 2.05. The summed E-state index contributed by atoms with van der Waals surface area (Å²) >= 11 is 11.8. The maximum Gasteiger partial charge on any atom is 0.0595 e. The fraction of sp³-hybridized carbons (Fsp3) is 0.600. The minimum absolute atomic E-state index is 0.622. The molecule has 18 heavy (non-hydrogen) atoms. The van der Waals surface area contributed by atoms with Crippen LogP contribution in [0.4, 0.5) is 0 Å². The fourth-order valence-corrected chi connectivity index (χ4v) is 2.23. The lowest BCUT2D eigenvalue weighted by Gasteiger charge is -2.06. The summed E-state index contributed by atoms with van der Waals surface area (Å²) in [5.41, 5.74) is 1.19. The van der Waals surface area contributed by atoms with E-state index in [9.17, 15) is 0 Å². The highest BCUT2D eigenvalue weighted by Crippen LogP contribution is 2.22. The van der Waals surface area contributed by atoms with Crippen molar-refractivity contribution in [2.24, 2.45) is 0 Å². The third-order valence-electron chi connectivity index (χ3n) is 3.02. The third-order valence-corrected chi connectivity index (χ3v) is 3.76. The quantitative estimate of drug-likeness (QED) is 0.596.